The van der Waals surface area contributed by atoms with Crippen LogP contribution in [0.2, 0.25) is 0 Å². The summed E-state index contributed by atoms with van der Waals surface area (Å²) in [5.41, 5.74) is 2.32. The molecule has 1 atom stereocenters. The van der Waals surface area contributed by atoms with Crippen molar-refractivity contribution in [1.82, 2.24) is 19.7 Å². The number of hydrogen-bond acceptors (Lipinski definition) is 8. The standard InChI is InChI=1S/C40H48N6O7/c1-26(47)45-18-15-40(52-6,16-19-45)36(50)46(24-29-11-8-7-10-28(29)23-44(5)37(51)53-38(2,3)4)25-33(48)42-31-14-13-27-21-39(22-30(27)20-31)32-12-9-17-41-34(32)43-35(39)49/h7-14,17,20H,15-16,18-19,21-25H2,1-6H3,(H,42,48)(H,41,43,49)/t39-/m1/s1. The molecule has 13 nitrogen and oxygen atoms in total. The Kier molecular flexibility index (Phi) is 10.3. The Bertz CT molecular complexity index is 1930. The van der Waals surface area contributed by atoms with Gasteiger partial charge in [0.15, 0.2) is 0 Å². The van der Waals surface area contributed by atoms with Crippen molar-refractivity contribution in [2.45, 2.75) is 83.1 Å². The molecule has 3 aliphatic rings. The molecular formula is C40H48N6O7. The number of methoxy groups -OCH3 is 1. The molecule has 1 saturated heterocycles. The number of piperidine rings is 1. The van der Waals surface area contributed by atoms with Crippen molar-refractivity contribution in [2.75, 3.05) is 44.4 Å². The molecule has 0 radical (unpaired) electrons. The second kappa shape index (κ2) is 14.6. The molecule has 0 unspecified atom stereocenters. The van der Waals surface area contributed by atoms with Crippen LogP contribution >= 0.6 is 0 Å². The number of rotatable bonds is 9. The van der Waals surface area contributed by atoms with Crippen molar-refractivity contribution >= 4 is 41.2 Å². The first-order chi connectivity index (χ1) is 25.1. The average molecular weight is 725 g/mol. The van der Waals surface area contributed by atoms with Crippen molar-refractivity contribution < 1.29 is 33.4 Å². The van der Waals surface area contributed by atoms with Gasteiger partial charge in [0.1, 0.15) is 23.6 Å². The summed E-state index contributed by atoms with van der Waals surface area (Å²) in [4.78, 5) is 75.5. The minimum absolute atomic E-state index is 0.0708. The van der Waals surface area contributed by atoms with E-state index in [1.807, 2.05) is 54.6 Å². The molecule has 280 valence electrons. The Labute approximate surface area is 310 Å². The van der Waals surface area contributed by atoms with Crippen LogP contribution in [0.1, 0.15) is 68.4 Å². The average Bonchev–Trinajstić information content (AvgIpc) is 3.63. The third-order valence-corrected chi connectivity index (χ3v) is 10.5. The van der Waals surface area contributed by atoms with Gasteiger partial charge in [-0.05, 0) is 74.1 Å². The summed E-state index contributed by atoms with van der Waals surface area (Å²) in [7, 11) is 3.14. The number of ether oxygens (including phenoxy) is 2. The Morgan fingerprint density at radius 1 is 0.962 bits per heavy atom. The smallest absolute Gasteiger partial charge is 0.410 e. The van der Waals surface area contributed by atoms with Gasteiger partial charge in [-0.15, -0.1) is 0 Å². The van der Waals surface area contributed by atoms with Crippen molar-refractivity contribution in [3.05, 3.63) is 88.6 Å². The molecule has 13 heteroatoms. The fourth-order valence-corrected chi connectivity index (χ4v) is 7.63. The monoisotopic (exact) mass is 724 g/mol. The van der Waals surface area contributed by atoms with Crippen molar-refractivity contribution in [3.63, 3.8) is 0 Å². The first-order valence-electron chi connectivity index (χ1n) is 17.9. The molecule has 0 saturated carbocycles. The highest BCUT2D eigenvalue weighted by Gasteiger charge is 2.51. The number of hydrogen-bond donors (Lipinski definition) is 2. The van der Waals surface area contributed by atoms with E-state index in [-0.39, 0.29) is 50.2 Å². The molecule has 3 aromatic rings. The lowest BCUT2D eigenvalue weighted by molar-refractivity contribution is -0.164. The molecule has 6 rings (SSSR count). The fraction of sp³-hybridized carbons (Fsp3) is 0.450. The fourth-order valence-electron chi connectivity index (χ4n) is 7.63. The van der Waals surface area contributed by atoms with Gasteiger partial charge in [-0.25, -0.2) is 9.78 Å². The van der Waals surface area contributed by atoms with Gasteiger partial charge < -0.3 is 34.8 Å². The number of aromatic nitrogens is 1. The van der Waals surface area contributed by atoms with Crippen molar-refractivity contribution in [1.29, 1.82) is 0 Å². The molecule has 2 N–H and O–H groups in total. The zero-order chi connectivity index (χ0) is 38.1. The Hall–Kier alpha value is -5.30. The normalized spacial score (nSPS) is 18.5. The number of pyridine rings is 1. The number of likely N-dealkylation sites (tertiary alicyclic amines) is 1. The summed E-state index contributed by atoms with van der Waals surface area (Å²) in [6, 6.07) is 16.9. The number of nitrogens with zero attached hydrogens (tertiary/aromatic N) is 4. The van der Waals surface area contributed by atoms with Crippen LogP contribution in [0.4, 0.5) is 16.3 Å². The van der Waals surface area contributed by atoms with Gasteiger partial charge in [0.05, 0.1) is 5.41 Å². The molecule has 1 spiro atoms. The van der Waals surface area contributed by atoms with Crippen LogP contribution in [0.5, 0.6) is 0 Å². The van der Waals surface area contributed by atoms with Gasteiger partial charge >= 0.3 is 6.09 Å². The number of nitrogens with one attached hydrogen (secondary N) is 2. The summed E-state index contributed by atoms with van der Waals surface area (Å²) < 4.78 is 11.5. The third-order valence-electron chi connectivity index (χ3n) is 10.5. The first-order valence-corrected chi connectivity index (χ1v) is 17.9. The van der Waals surface area contributed by atoms with Gasteiger partial charge in [-0.2, -0.15) is 0 Å². The quantitative estimate of drug-likeness (QED) is 0.329. The van der Waals surface area contributed by atoms with Crippen LogP contribution in [0.25, 0.3) is 0 Å². The van der Waals surface area contributed by atoms with Crippen molar-refractivity contribution in [2.24, 2.45) is 0 Å². The summed E-state index contributed by atoms with van der Waals surface area (Å²) in [6.07, 6.45) is 2.75. The predicted molar refractivity (Wildman–Crippen MR) is 198 cm³/mol. The number of amides is 5. The maximum Gasteiger partial charge on any atom is 0.410 e. The lowest BCUT2D eigenvalue weighted by Crippen LogP contribution is -2.57. The summed E-state index contributed by atoms with van der Waals surface area (Å²) in [5.74, 6) is -0.335. The van der Waals surface area contributed by atoms with E-state index in [0.29, 0.717) is 37.4 Å². The summed E-state index contributed by atoms with van der Waals surface area (Å²) >= 11 is 0. The first kappa shape index (κ1) is 37.5. The van der Waals surface area contributed by atoms with E-state index < -0.39 is 28.6 Å². The van der Waals surface area contributed by atoms with E-state index in [0.717, 1.165) is 27.8 Å². The molecule has 1 aliphatic carbocycles. The Balaban J connectivity index is 1.23. The van der Waals surface area contributed by atoms with E-state index in [1.54, 1.807) is 38.9 Å². The van der Waals surface area contributed by atoms with Crippen LogP contribution in [-0.2, 0) is 60.0 Å². The van der Waals surface area contributed by atoms with Gasteiger partial charge in [-0.1, -0.05) is 36.4 Å². The molecule has 2 aliphatic heterocycles. The maximum atomic E-state index is 14.5. The van der Waals surface area contributed by atoms with Gasteiger partial charge in [0, 0.05) is 77.5 Å². The molecule has 2 aromatic carbocycles. The van der Waals surface area contributed by atoms with E-state index in [9.17, 15) is 24.0 Å². The lowest BCUT2D eigenvalue weighted by Gasteiger charge is -2.42. The molecule has 3 heterocycles. The highest BCUT2D eigenvalue weighted by atomic mass is 16.6. The third kappa shape index (κ3) is 7.75. The Morgan fingerprint density at radius 2 is 1.64 bits per heavy atom. The summed E-state index contributed by atoms with van der Waals surface area (Å²) in [5, 5.41) is 5.90. The zero-order valence-electron chi connectivity index (χ0n) is 31.3. The molecule has 53 heavy (non-hydrogen) atoms. The highest BCUT2D eigenvalue weighted by molar-refractivity contribution is 6.06. The van der Waals surface area contributed by atoms with Crippen LogP contribution in [0.15, 0.2) is 60.8 Å². The van der Waals surface area contributed by atoms with E-state index in [4.69, 9.17) is 9.47 Å². The predicted octanol–water partition coefficient (Wildman–Crippen LogP) is 4.43. The number of carbonyl (C=O) groups is 5. The molecule has 1 aromatic heterocycles. The Morgan fingerprint density at radius 3 is 2.30 bits per heavy atom. The number of anilines is 2. The maximum absolute atomic E-state index is 14.5. The van der Waals surface area contributed by atoms with Crippen LogP contribution in [0, 0.1) is 0 Å². The highest BCUT2D eigenvalue weighted by Crippen LogP contribution is 2.47. The SMILES string of the molecule is COC1(C(=O)N(CC(=O)Nc2ccc3c(c2)C[C@@]2(C3)C(=O)Nc3ncccc32)Cc2ccccc2CN(C)C(=O)OC(C)(C)C)CCN(C(C)=O)CC1. The van der Waals surface area contributed by atoms with Gasteiger partial charge in [0.25, 0.3) is 5.91 Å². The minimum atomic E-state index is -1.23. The zero-order valence-corrected chi connectivity index (χ0v) is 31.3. The summed E-state index contributed by atoms with van der Waals surface area (Å²) in [6.45, 7) is 7.62. The number of carbonyl (C=O) groups excluding carboxylic acids is 5. The van der Waals surface area contributed by atoms with Gasteiger partial charge in [-0.3, -0.25) is 19.2 Å². The van der Waals surface area contributed by atoms with E-state index in [2.05, 4.69) is 15.6 Å². The number of fused-ring (bicyclic) bond motifs is 3. The number of benzene rings is 2. The van der Waals surface area contributed by atoms with Crippen LogP contribution in [0.3, 0.4) is 0 Å². The minimum Gasteiger partial charge on any atom is -0.444 e. The van der Waals surface area contributed by atoms with Crippen molar-refractivity contribution in [3.8, 4) is 0 Å². The molecule has 1 fully saturated rings. The van der Waals surface area contributed by atoms with Gasteiger partial charge in [0.2, 0.25) is 17.7 Å². The largest absolute Gasteiger partial charge is 0.444 e. The lowest BCUT2D eigenvalue weighted by atomic mass is 9.79. The second-order valence-electron chi connectivity index (χ2n) is 15.3. The van der Waals surface area contributed by atoms with Crippen LogP contribution < -0.4 is 10.6 Å². The topological polar surface area (TPSA) is 150 Å². The molecular weight excluding hydrogens is 676 g/mol. The molecule has 0 bridgehead atoms. The molecule has 5 amide bonds. The second-order valence-corrected chi connectivity index (χ2v) is 15.3. The van der Waals surface area contributed by atoms with E-state index in [1.165, 1.54) is 23.8 Å². The van der Waals surface area contributed by atoms with Crippen LogP contribution in [-0.4, -0.2) is 94.4 Å². The van der Waals surface area contributed by atoms with E-state index >= 15 is 0 Å².